The molecule has 166 valence electrons. The first kappa shape index (κ1) is 21.5. The second kappa shape index (κ2) is 9.57. The van der Waals surface area contributed by atoms with Crippen LogP contribution in [-0.4, -0.2) is 55.1 Å². The van der Waals surface area contributed by atoms with Gasteiger partial charge in [-0.2, -0.15) is 0 Å². The molecule has 1 aromatic heterocycles. The van der Waals surface area contributed by atoms with Gasteiger partial charge in [0.25, 0.3) is 5.91 Å². The van der Waals surface area contributed by atoms with E-state index in [1.807, 2.05) is 30.5 Å². The Balaban J connectivity index is 1.62. The molecule has 0 radical (unpaired) electrons. The van der Waals surface area contributed by atoms with Crippen LogP contribution in [-0.2, 0) is 6.42 Å². The summed E-state index contributed by atoms with van der Waals surface area (Å²) in [7, 11) is 1.64. The number of benzene rings is 2. The van der Waals surface area contributed by atoms with Crippen molar-refractivity contribution in [2.24, 2.45) is 10.7 Å². The van der Waals surface area contributed by atoms with E-state index in [1.54, 1.807) is 25.4 Å². The summed E-state index contributed by atoms with van der Waals surface area (Å²) in [4.78, 5) is 20.5. The van der Waals surface area contributed by atoms with Crippen LogP contribution < -0.4 is 20.5 Å². The Morgan fingerprint density at radius 3 is 2.91 bits per heavy atom. The minimum absolute atomic E-state index is 0.207. The van der Waals surface area contributed by atoms with E-state index in [-0.39, 0.29) is 12.5 Å². The van der Waals surface area contributed by atoms with Gasteiger partial charge in [-0.15, -0.1) is 0 Å². The van der Waals surface area contributed by atoms with Crippen molar-refractivity contribution < 1.29 is 19.4 Å². The molecular weight excluding hydrogens is 408 g/mol. The van der Waals surface area contributed by atoms with Crippen molar-refractivity contribution in [1.82, 2.24) is 10.3 Å². The smallest absolute Gasteiger partial charge is 0.255 e. The Labute approximate surface area is 185 Å². The summed E-state index contributed by atoms with van der Waals surface area (Å²) >= 11 is 0. The number of aliphatic hydroxyl groups is 1. The third-order valence-corrected chi connectivity index (χ3v) is 5.36. The van der Waals surface area contributed by atoms with Crippen LogP contribution in [0.15, 0.2) is 53.8 Å². The number of hydrogen-bond donors (Lipinski definition) is 4. The summed E-state index contributed by atoms with van der Waals surface area (Å²) in [6, 6.07) is 10.9. The second-order valence-electron chi connectivity index (χ2n) is 7.47. The van der Waals surface area contributed by atoms with Gasteiger partial charge in [-0.3, -0.25) is 9.79 Å². The quantitative estimate of drug-likeness (QED) is 0.425. The van der Waals surface area contributed by atoms with Crippen molar-refractivity contribution in [2.45, 2.75) is 12.5 Å². The van der Waals surface area contributed by atoms with E-state index in [9.17, 15) is 9.90 Å². The minimum Gasteiger partial charge on any atom is -0.486 e. The van der Waals surface area contributed by atoms with Crippen LogP contribution >= 0.6 is 0 Å². The Hall–Kier alpha value is -3.78. The number of fused-ring (bicyclic) bond motifs is 2. The molecule has 3 aromatic rings. The molecular formula is C24H26N4O4. The highest BCUT2D eigenvalue weighted by molar-refractivity contribution is 6.11. The number of aromatic amines is 1. The Bertz CT molecular complexity index is 1180. The fourth-order valence-corrected chi connectivity index (χ4v) is 3.83. The van der Waals surface area contributed by atoms with Gasteiger partial charge in [0.2, 0.25) is 0 Å². The van der Waals surface area contributed by atoms with Gasteiger partial charge >= 0.3 is 0 Å². The Morgan fingerprint density at radius 1 is 1.31 bits per heavy atom. The highest BCUT2D eigenvalue weighted by Gasteiger charge is 2.25. The summed E-state index contributed by atoms with van der Waals surface area (Å²) in [5.74, 6) is 0.489. The van der Waals surface area contributed by atoms with Crippen molar-refractivity contribution in [3.63, 3.8) is 0 Å². The third kappa shape index (κ3) is 4.31. The number of allylic oxidation sites excluding steroid dienone is 1. The molecule has 2 heterocycles. The number of H-pyrrole nitrogens is 1. The summed E-state index contributed by atoms with van der Waals surface area (Å²) in [6.45, 7) is 0.531. The molecule has 0 saturated heterocycles. The van der Waals surface area contributed by atoms with Crippen LogP contribution in [0.25, 0.3) is 16.5 Å². The fraction of sp³-hybridized carbons (Fsp3) is 0.250. The standard InChI is InChI=1S/C24H26N4O4/c1-26-12-17(11-25)15-9-20(23-22(10-15)31-6-7-32-23)24(30)28-18(14-29)8-16-13-27-21-5-3-2-4-19(16)21/h2-5,9-13,18,27,29H,6-8,14,25H2,1H3,(H,28,30)/t18-/m1/s1. The lowest BCUT2D eigenvalue weighted by Crippen LogP contribution is -2.39. The topological polar surface area (TPSA) is 122 Å². The van der Waals surface area contributed by atoms with E-state index in [2.05, 4.69) is 15.3 Å². The molecule has 1 atom stereocenters. The number of hydrogen-bond acceptors (Lipinski definition) is 6. The zero-order chi connectivity index (χ0) is 22.5. The third-order valence-electron chi connectivity index (χ3n) is 5.36. The number of aromatic nitrogens is 1. The van der Waals surface area contributed by atoms with Crippen molar-refractivity contribution >= 4 is 28.6 Å². The number of carbonyl (C=O) groups is 1. The van der Waals surface area contributed by atoms with Gasteiger partial charge in [-0.05, 0) is 35.7 Å². The second-order valence-corrected chi connectivity index (χ2v) is 7.47. The van der Waals surface area contributed by atoms with E-state index < -0.39 is 6.04 Å². The van der Waals surface area contributed by atoms with Crippen molar-refractivity contribution in [3.05, 3.63) is 65.5 Å². The summed E-state index contributed by atoms with van der Waals surface area (Å²) < 4.78 is 11.5. The molecule has 2 aromatic carbocycles. The van der Waals surface area contributed by atoms with Crippen LogP contribution in [0.5, 0.6) is 11.5 Å². The summed E-state index contributed by atoms with van der Waals surface area (Å²) in [6.07, 6.45) is 5.41. The number of carbonyl (C=O) groups excluding carboxylic acids is 1. The van der Waals surface area contributed by atoms with Crippen molar-refractivity contribution in [1.29, 1.82) is 0 Å². The lowest BCUT2D eigenvalue weighted by atomic mass is 10.0. The first-order chi connectivity index (χ1) is 15.6. The van der Waals surface area contributed by atoms with Gasteiger partial charge in [-0.1, -0.05) is 18.2 Å². The number of amides is 1. The number of ether oxygens (including phenoxy) is 2. The zero-order valence-corrected chi connectivity index (χ0v) is 17.8. The number of aliphatic hydroxyl groups excluding tert-OH is 1. The van der Waals surface area contributed by atoms with E-state index in [0.29, 0.717) is 47.8 Å². The largest absolute Gasteiger partial charge is 0.486 e. The van der Waals surface area contributed by atoms with Gasteiger partial charge in [0.05, 0.1) is 18.2 Å². The molecule has 4 rings (SSSR count). The molecule has 0 saturated carbocycles. The van der Waals surface area contributed by atoms with Crippen LogP contribution in [0.3, 0.4) is 0 Å². The molecule has 1 aliphatic heterocycles. The number of aliphatic imine (C=N–C) groups is 1. The molecule has 8 heteroatoms. The molecule has 32 heavy (non-hydrogen) atoms. The van der Waals surface area contributed by atoms with Gasteiger partial charge in [0.1, 0.15) is 13.2 Å². The van der Waals surface area contributed by atoms with Gasteiger partial charge in [-0.25, -0.2) is 0 Å². The maximum absolute atomic E-state index is 13.2. The SMILES string of the molecule is CN=CC(=CN)c1cc2c(c(C(=O)N[C@@H](CO)Cc3c[nH]c4ccccc34)c1)OCCO2. The Kier molecular flexibility index (Phi) is 6.42. The summed E-state index contributed by atoms with van der Waals surface area (Å²) in [5, 5.41) is 14.0. The van der Waals surface area contributed by atoms with Crippen molar-refractivity contribution in [2.75, 3.05) is 26.9 Å². The molecule has 0 fully saturated rings. The lowest BCUT2D eigenvalue weighted by Gasteiger charge is -2.23. The van der Waals surface area contributed by atoms with Gasteiger partial charge in [0, 0.05) is 42.1 Å². The molecule has 0 unspecified atom stereocenters. The molecule has 1 amide bonds. The van der Waals surface area contributed by atoms with Crippen LogP contribution in [0.4, 0.5) is 0 Å². The Morgan fingerprint density at radius 2 is 2.12 bits per heavy atom. The van der Waals surface area contributed by atoms with E-state index in [4.69, 9.17) is 15.2 Å². The predicted molar refractivity (Wildman–Crippen MR) is 124 cm³/mol. The monoisotopic (exact) mass is 434 g/mol. The number of nitrogens with two attached hydrogens (primary N) is 1. The molecule has 0 aliphatic carbocycles. The first-order valence-corrected chi connectivity index (χ1v) is 10.4. The van der Waals surface area contributed by atoms with Gasteiger partial charge < -0.3 is 30.6 Å². The average Bonchev–Trinajstić information content (AvgIpc) is 3.24. The number of nitrogens with one attached hydrogen (secondary N) is 2. The van der Waals surface area contributed by atoms with Crippen LogP contribution in [0.2, 0.25) is 0 Å². The molecule has 8 nitrogen and oxygen atoms in total. The highest BCUT2D eigenvalue weighted by Crippen LogP contribution is 2.37. The van der Waals surface area contributed by atoms with E-state index >= 15 is 0 Å². The first-order valence-electron chi connectivity index (χ1n) is 10.4. The van der Waals surface area contributed by atoms with E-state index in [1.165, 1.54) is 6.20 Å². The number of rotatable bonds is 7. The lowest BCUT2D eigenvalue weighted by molar-refractivity contribution is 0.0905. The zero-order valence-electron chi connectivity index (χ0n) is 17.8. The fourth-order valence-electron chi connectivity index (χ4n) is 3.83. The maximum atomic E-state index is 13.2. The maximum Gasteiger partial charge on any atom is 0.255 e. The molecule has 1 aliphatic rings. The summed E-state index contributed by atoms with van der Waals surface area (Å²) in [5.41, 5.74) is 9.43. The molecule has 0 spiro atoms. The number of nitrogens with zero attached hydrogens (tertiary/aromatic N) is 1. The minimum atomic E-state index is -0.479. The van der Waals surface area contributed by atoms with Crippen LogP contribution in [0.1, 0.15) is 21.5 Å². The normalized spacial score (nSPS) is 14.6. The highest BCUT2D eigenvalue weighted by atomic mass is 16.6. The van der Waals surface area contributed by atoms with E-state index in [0.717, 1.165) is 16.5 Å². The van der Waals surface area contributed by atoms with Crippen LogP contribution in [0, 0.1) is 0 Å². The average molecular weight is 434 g/mol. The molecule has 0 bridgehead atoms. The predicted octanol–water partition coefficient (Wildman–Crippen LogP) is 2.27. The number of para-hydroxylation sites is 1. The van der Waals surface area contributed by atoms with Gasteiger partial charge in [0.15, 0.2) is 11.5 Å². The van der Waals surface area contributed by atoms with Crippen molar-refractivity contribution in [3.8, 4) is 11.5 Å². The molecule has 5 N–H and O–H groups in total.